The highest BCUT2D eigenvalue weighted by molar-refractivity contribution is 7.62. The molecular weight excluding hydrogens is 205 g/mol. The molecule has 80 valence electrons. The second-order valence-electron chi connectivity index (χ2n) is 3.70. The van der Waals surface area contributed by atoms with Crippen LogP contribution in [-0.2, 0) is 4.57 Å². The maximum atomic E-state index is 12.6. The highest BCUT2D eigenvalue weighted by atomic mass is 31.2. The maximum absolute atomic E-state index is 12.6. The van der Waals surface area contributed by atoms with Crippen molar-refractivity contribution in [2.75, 3.05) is 12.3 Å². The van der Waals surface area contributed by atoms with E-state index in [9.17, 15) is 4.57 Å². The monoisotopic (exact) mass is 221 g/mol. The van der Waals surface area contributed by atoms with Crippen LogP contribution < -0.4 is 0 Å². The topological polar surface area (TPSA) is 22.0 Å². The molecule has 0 spiro atoms. The number of aromatic nitrogens is 1. The molecule has 0 aliphatic rings. The van der Waals surface area contributed by atoms with Gasteiger partial charge in [0.2, 0.25) is 0 Å². The van der Waals surface area contributed by atoms with Gasteiger partial charge in [0.05, 0.1) is 5.52 Å². The Hall–Kier alpha value is -1.01. The third-order valence-electron chi connectivity index (χ3n) is 2.96. The minimum atomic E-state index is -2.21. The molecule has 0 aliphatic carbocycles. The van der Waals surface area contributed by atoms with Gasteiger partial charge in [-0.1, -0.05) is 32.0 Å². The first kappa shape index (κ1) is 10.5. The van der Waals surface area contributed by atoms with E-state index in [1.807, 2.05) is 48.6 Å². The minimum Gasteiger partial charge on any atom is -0.300 e. The number of hydrogen-bond acceptors (Lipinski definition) is 1. The molecule has 1 aromatic heterocycles. The molecule has 15 heavy (non-hydrogen) atoms. The summed E-state index contributed by atoms with van der Waals surface area (Å²) in [6, 6.07) is 10.1. The smallest absolute Gasteiger partial charge is 0.175 e. The van der Waals surface area contributed by atoms with Gasteiger partial charge in [-0.25, -0.2) is 0 Å². The lowest BCUT2D eigenvalue weighted by atomic mass is 10.3. The van der Waals surface area contributed by atoms with Gasteiger partial charge in [0.1, 0.15) is 0 Å². The van der Waals surface area contributed by atoms with Crippen LogP contribution in [0.4, 0.5) is 0 Å². The molecule has 1 aromatic carbocycles. The van der Waals surface area contributed by atoms with E-state index in [0.717, 1.165) is 17.8 Å². The van der Waals surface area contributed by atoms with Gasteiger partial charge in [0.25, 0.3) is 0 Å². The third-order valence-corrected chi connectivity index (χ3v) is 6.07. The summed E-state index contributed by atoms with van der Waals surface area (Å²) in [7, 11) is -2.21. The Bertz CT molecular complexity index is 507. The molecule has 0 saturated carbocycles. The van der Waals surface area contributed by atoms with Crippen molar-refractivity contribution < 1.29 is 4.57 Å². The third kappa shape index (κ3) is 1.63. The van der Waals surface area contributed by atoms with Crippen molar-refractivity contribution in [2.45, 2.75) is 13.8 Å². The van der Waals surface area contributed by atoms with Gasteiger partial charge in [0.15, 0.2) is 7.29 Å². The molecule has 0 atom stereocenters. The first-order chi connectivity index (χ1) is 7.21. The summed E-state index contributed by atoms with van der Waals surface area (Å²) in [5.41, 5.74) is 1.09. The molecule has 0 bridgehead atoms. The number of hydrogen-bond donors (Lipinski definition) is 0. The van der Waals surface area contributed by atoms with Gasteiger partial charge in [-0.2, -0.15) is 0 Å². The van der Waals surface area contributed by atoms with Crippen LogP contribution in [0, 0.1) is 0 Å². The standard InChI is InChI=1S/C12H16NOP/c1-3-15(14,4-2)13-10-9-11-7-5-6-8-12(11)13/h5-10H,3-4H2,1-2H3. The van der Waals surface area contributed by atoms with Gasteiger partial charge in [-0.3, -0.25) is 8.90 Å². The summed E-state index contributed by atoms with van der Waals surface area (Å²) in [5.74, 6) is 0. The summed E-state index contributed by atoms with van der Waals surface area (Å²) in [6.45, 7) is 4.00. The molecule has 0 N–H and O–H groups in total. The average molecular weight is 221 g/mol. The molecule has 0 aliphatic heterocycles. The minimum absolute atomic E-state index is 0.724. The molecule has 0 saturated heterocycles. The Morgan fingerprint density at radius 1 is 1.13 bits per heavy atom. The van der Waals surface area contributed by atoms with E-state index in [-0.39, 0.29) is 0 Å². The van der Waals surface area contributed by atoms with Gasteiger partial charge < -0.3 is 0 Å². The zero-order valence-corrected chi connectivity index (χ0v) is 10.1. The highest BCUT2D eigenvalue weighted by Crippen LogP contribution is 2.48. The molecule has 0 amide bonds. The molecule has 2 nitrogen and oxygen atoms in total. The number of nitrogens with zero attached hydrogens (tertiary/aromatic N) is 1. The molecule has 3 heteroatoms. The first-order valence-electron chi connectivity index (χ1n) is 5.36. The maximum Gasteiger partial charge on any atom is 0.175 e. The van der Waals surface area contributed by atoms with Crippen molar-refractivity contribution in [1.29, 1.82) is 0 Å². The van der Waals surface area contributed by atoms with Crippen LogP contribution in [-0.4, -0.2) is 16.7 Å². The van der Waals surface area contributed by atoms with Crippen LogP contribution in [0.1, 0.15) is 13.8 Å². The summed E-state index contributed by atoms with van der Waals surface area (Å²) in [5, 5.41) is 1.17. The fraction of sp³-hybridized carbons (Fsp3) is 0.333. The predicted octanol–water partition coefficient (Wildman–Crippen LogP) is 3.81. The largest absolute Gasteiger partial charge is 0.300 e. The zero-order valence-electron chi connectivity index (χ0n) is 9.18. The molecule has 2 aromatic rings. The van der Waals surface area contributed by atoms with Crippen LogP contribution in [0.2, 0.25) is 0 Å². The fourth-order valence-electron chi connectivity index (χ4n) is 1.91. The van der Waals surface area contributed by atoms with Crippen molar-refractivity contribution in [3.63, 3.8) is 0 Å². The summed E-state index contributed by atoms with van der Waals surface area (Å²) in [4.78, 5) is 0. The van der Waals surface area contributed by atoms with E-state index in [1.165, 1.54) is 5.39 Å². The first-order valence-corrected chi connectivity index (χ1v) is 7.39. The SMILES string of the molecule is CCP(=O)(CC)n1ccc2ccccc21. The fourth-order valence-corrected chi connectivity index (χ4v) is 3.86. The van der Waals surface area contributed by atoms with Gasteiger partial charge in [-0.05, 0) is 17.5 Å². The Balaban J connectivity index is 2.67. The normalized spacial score (nSPS) is 12.1. The lowest BCUT2D eigenvalue weighted by molar-refractivity contribution is 0.571. The zero-order chi connectivity index (χ0) is 10.9. The quantitative estimate of drug-likeness (QED) is 0.722. The Morgan fingerprint density at radius 2 is 1.80 bits per heavy atom. The van der Waals surface area contributed by atoms with E-state index in [1.54, 1.807) is 0 Å². The van der Waals surface area contributed by atoms with Crippen molar-refractivity contribution in [3.8, 4) is 0 Å². The van der Waals surface area contributed by atoms with E-state index >= 15 is 0 Å². The summed E-state index contributed by atoms with van der Waals surface area (Å²) in [6.07, 6.45) is 3.41. The van der Waals surface area contributed by atoms with E-state index in [4.69, 9.17) is 0 Å². The van der Waals surface area contributed by atoms with Crippen LogP contribution in [0.25, 0.3) is 10.9 Å². The number of benzene rings is 1. The van der Waals surface area contributed by atoms with Crippen LogP contribution >= 0.6 is 7.29 Å². The van der Waals surface area contributed by atoms with Crippen LogP contribution in [0.5, 0.6) is 0 Å². The predicted molar refractivity (Wildman–Crippen MR) is 66.0 cm³/mol. The van der Waals surface area contributed by atoms with Crippen molar-refractivity contribution >= 4 is 18.2 Å². The summed E-state index contributed by atoms with van der Waals surface area (Å²) >= 11 is 0. The Kier molecular flexibility index (Phi) is 2.70. The molecular formula is C12H16NOP. The van der Waals surface area contributed by atoms with Crippen LogP contribution in [0.3, 0.4) is 0 Å². The van der Waals surface area contributed by atoms with Gasteiger partial charge >= 0.3 is 0 Å². The van der Waals surface area contributed by atoms with Crippen molar-refractivity contribution in [2.24, 2.45) is 0 Å². The molecule has 0 unspecified atom stereocenters. The lowest BCUT2D eigenvalue weighted by Crippen LogP contribution is -2.00. The number of rotatable bonds is 3. The highest BCUT2D eigenvalue weighted by Gasteiger charge is 2.20. The van der Waals surface area contributed by atoms with E-state index in [0.29, 0.717) is 0 Å². The Labute approximate surface area is 90.3 Å². The van der Waals surface area contributed by atoms with Gasteiger partial charge in [0, 0.05) is 18.5 Å². The Morgan fingerprint density at radius 3 is 2.47 bits per heavy atom. The number of fused-ring (bicyclic) bond motifs is 1. The van der Waals surface area contributed by atoms with E-state index < -0.39 is 7.29 Å². The van der Waals surface area contributed by atoms with Gasteiger partial charge in [-0.15, -0.1) is 0 Å². The second kappa shape index (κ2) is 3.86. The molecule has 0 fully saturated rings. The molecule has 0 radical (unpaired) electrons. The van der Waals surface area contributed by atoms with E-state index in [2.05, 4.69) is 6.07 Å². The van der Waals surface area contributed by atoms with Crippen LogP contribution in [0.15, 0.2) is 36.5 Å². The van der Waals surface area contributed by atoms with Crippen molar-refractivity contribution in [1.82, 2.24) is 4.34 Å². The average Bonchev–Trinajstić information content (AvgIpc) is 2.72. The lowest BCUT2D eigenvalue weighted by Gasteiger charge is -2.17. The number of para-hydroxylation sites is 1. The molecule has 2 rings (SSSR count). The molecule has 1 heterocycles. The van der Waals surface area contributed by atoms with Crippen molar-refractivity contribution in [3.05, 3.63) is 36.5 Å². The summed E-state index contributed by atoms with van der Waals surface area (Å²) < 4.78 is 14.6. The second-order valence-corrected chi connectivity index (χ2v) is 7.09.